The number of rotatable bonds is 3. The molecule has 3 aliphatic carbocycles. The molecule has 1 fully saturated rings. The normalized spacial score (nSPS) is 28.0. The smallest absolute Gasteiger partial charge is 0.333 e. The van der Waals surface area contributed by atoms with Crippen LogP contribution in [0.4, 0.5) is 0 Å². The molecule has 4 aliphatic rings. The Morgan fingerprint density at radius 3 is 2.52 bits per heavy atom. The van der Waals surface area contributed by atoms with E-state index in [1.54, 1.807) is 26.8 Å². The van der Waals surface area contributed by atoms with Crippen LogP contribution in [0.15, 0.2) is 27.8 Å². The summed E-state index contributed by atoms with van der Waals surface area (Å²) in [7, 11) is 1.42. The fourth-order valence-corrected chi connectivity index (χ4v) is 5.28. The number of nitrogens with zero attached hydrogens (tertiary/aromatic N) is 2. The van der Waals surface area contributed by atoms with E-state index in [-0.39, 0.29) is 50.2 Å². The van der Waals surface area contributed by atoms with Crippen LogP contribution in [0.5, 0.6) is 5.75 Å². The van der Waals surface area contributed by atoms with Crippen molar-refractivity contribution in [3.05, 3.63) is 71.1 Å². The Kier molecular flexibility index (Phi) is 4.64. The lowest BCUT2D eigenvalue weighted by Gasteiger charge is -2.40. The zero-order valence-electron chi connectivity index (χ0n) is 18.4. The van der Waals surface area contributed by atoms with Crippen molar-refractivity contribution in [3.63, 3.8) is 0 Å². The van der Waals surface area contributed by atoms with Crippen LogP contribution in [0.25, 0.3) is 16.3 Å². The Morgan fingerprint density at radius 2 is 1.85 bits per heavy atom. The van der Waals surface area contributed by atoms with Gasteiger partial charge in [-0.15, -0.1) is 0 Å². The highest BCUT2D eigenvalue weighted by Gasteiger charge is 2.62. The van der Waals surface area contributed by atoms with E-state index in [2.05, 4.69) is 4.79 Å². The van der Waals surface area contributed by atoms with Crippen molar-refractivity contribution < 1.29 is 34.0 Å². The summed E-state index contributed by atoms with van der Waals surface area (Å²) in [6.07, 6.45) is -4.07. The van der Waals surface area contributed by atoms with E-state index >= 15 is 0 Å². The number of aliphatic hydroxyl groups excluding tert-OH is 2. The fraction of sp³-hybridized carbons (Fsp3) is 0.435. The van der Waals surface area contributed by atoms with Crippen molar-refractivity contribution in [2.75, 3.05) is 13.9 Å². The predicted molar refractivity (Wildman–Crippen MR) is 112 cm³/mol. The van der Waals surface area contributed by atoms with E-state index in [4.69, 9.17) is 18.9 Å². The number of hydrogen-bond acceptors (Lipinski definition) is 8. The van der Waals surface area contributed by atoms with Crippen LogP contribution in [0.1, 0.15) is 44.1 Å². The molecular formula is C23H22N2O8. The van der Waals surface area contributed by atoms with Gasteiger partial charge in [0.15, 0.2) is 18.0 Å². The van der Waals surface area contributed by atoms with Gasteiger partial charge in [0.1, 0.15) is 34.9 Å². The number of methoxy groups -OCH3 is 1. The van der Waals surface area contributed by atoms with Crippen LogP contribution < -0.4 is 21.0 Å². The van der Waals surface area contributed by atoms with Gasteiger partial charge in [0.2, 0.25) is 5.43 Å². The molecule has 2 unspecified atom stereocenters. The number of ether oxygens (including phenoxy) is 4. The molecule has 2 N–H and O–H groups in total. The molecule has 1 aliphatic heterocycles. The molecule has 33 heavy (non-hydrogen) atoms. The molecule has 0 saturated carbocycles. The van der Waals surface area contributed by atoms with Gasteiger partial charge in [-0.05, 0) is 26.8 Å². The Morgan fingerprint density at radius 1 is 1.12 bits per heavy atom. The maximum absolute atomic E-state index is 13.7. The van der Waals surface area contributed by atoms with E-state index in [0.29, 0.717) is 0 Å². The van der Waals surface area contributed by atoms with Crippen LogP contribution in [0, 0.1) is 10.4 Å². The summed E-state index contributed by atoms with van der Waals surface area (Å²) >= 11 is 0. The van der Waals surface area contributed by atoms with Gasteiger partial charge in [-0.1, -0.05) is 12.1 Å². The van der Waals surface area contributed by atoms with E-state index in [0.717, 1.165) is 0 Å². The maximum Gasteiger partial charge on any atom is 0.333 e. The van der Waals surface area contributed by atoms with Gasteiger partial charge in [-0.25, -0.2) is 0 Å². The van der Waals surface area contributed by atoms with Crippen LogP contribution in [0.3, 0.4) is 0 Å². The summed E-state index contributed by atoms with van der Waals surface area (Å²) in [5.41, 5.74) is 7.50. The maximum atomic E-state index is 13.7. The highest BCUT2D eigenvalue weighted by molar-refractivity contribution is 5.88. The first-order valence-corrected chi connectivity index (χ1v) is 10.4. The fourth-order valence-electron chi connectivity index (χ4n) is 5.28. The van der Waals surface area contributed by atoms with E-state index in [1.807, 2.05) is 0 Å². The third-order valence-corrected chi connectivity index (χ3v) is 6.52. The molecule has 0 bridgehead atoms. The lowest BCUT2D eigenvalue weighted by atomic mass is 9.76. The second kappa shape index (κ2) is 7.01. The van der Waals surface area contributed by atoms with Crippen LogP contribution >= 0.6 is 0 Å². The zero-order chi connectivity index (χ0) is 23.9. The highest BCUT2D eigenvalue weighted by Crippen LogP contribution is 2.53. The second-order valence-electron chi connectivity index (χ2n) is 8.99. The lowest BCUT2D eigenvalue weighted by molar-refractivity contribution is -0.193. The molecule has 0 amide bonds. The van der Waals surface area contributed by atoms with Gasteiger partial charge in [0, 0.05) is 23.3 Å². The Labute approximate surface area is 186 Å². The molecule has 0 aromatic heterocycles. The van der Waals surface area contributed by atoms with Gasteiger partial charge in [-0.3, -0.25) is 9.59 Å². The second-order valence-corrected chi connectivity index (χ2v) is 8.99. The Balaban J connectivity index is 1.99. The topological polar surface area (TPSA) is 148 Å². The number of benzene rings is 1. The van der Waals surface area contributed by atoms with Crippen LogP contribution in [-0.2, 0) is 14.2 Å². The molecule has 1 aromatic rings. The Hall–Kier alpha value is -2.98. The highest BCUT2D eigenvalue weighted by atomic mass is 16.8. The van der Waals surface area contributed by atoms with Crippen molar-refractivity contribution >= 4 is 10.8 Å². The molecule has 1 aromatic carbocycles. The largest absolute Gasteiger partial charge is 0.467 e. The van der Waals surface area contributed by atoms with E-state index in [9.17, 15) is 25.3 Å². The molecule has 1 heterocycles. The molecule has 0 spiro atoms. The first-order chi connectivity index (χ1) is 15.6. The molecule has 0 radical (unpaired) electrons. The van der Waals surface area contributed by atoms with E-state index in [1.165, 1.54) is 19.2 Å². The molecule has 4 atom stereocenters. The summed E-state index contributed by atoms with van der Waals surface area (Å²) in [5, 5.41) is 21.6. The zero-order valence-corrected chi connectivity index (χ0v) is 18.4. The van der Waals surface area contributed by atoms with Gasteiger partial charge in [0.05, 0.1) is 10.9 Å². The first-order valence-electron chi connectivity index (χ1n) is 10.4. The summed E-state index contributed by atoms with van der Waals surface area (Å²) in [4.78, 5) is 30.6. The minimum absolute atomic E-state index is 0.000942. The third-order valence-electron chi connectivity index (χ3n) is 6.52. The third kappa shape index (κ3) is 2.73. The number of fused-ring (bicyclic) bond motifs is 5. The SMILES string of the molecule is COCOc1cccc2c(=O)c3c4c(c(=[N+]=[N-])c=3c(=O)c12)C1OC(C)(C)OC1(C)[C@@H](O)[C@@H]4O. The van der Waals surface area contributed by atoms with Gasteiger partial charge in [-0.2, -0.15) is 4.79 Å². The summed E-state index contributed by atoms with van der Waals surface area (Å²) in [6, 6.07) is 4.56. The number of aliphatic hydroxyl groups is 2. The minimum atomic E-state index is -1.59. The van der Waals surface area contributed by atoms with Crippen molar-refractivity contribution in [2.24, 2.45) is 0 Å². The van der Waals surface area contributed by atoms with Crippen molar-refractivity contribution in [1.29, 1.82) is 0 Å². The van der Waals surface area contributed by atoms with Crippen molar-refractivity contribution in [2.45, 2.75) is 50.5 Å². The van der Waals surface area contributed by atoms with E-state index < -0.39 is 40.6 Å². The minimum Gasteiger partial charge on any atom is -0.467 e. The average molecular weight is 454 g/mol. The quantitative estimate of drug-likeness (QED) is 0.325. The number of hydrogen-bond donors (Lipinski definition) is 2. The Bertz CT molecular complexity index is 1550. The molecule has 5 rings (SSSR count). The van der Waals surface area contributed by atoms with Crippen molar-refractivity contribution in [1.82, 2.24) is 0 Å². The standard InChI is InChI=1S/C23H22N2O8/c1-22(2)32-21-15-13(19(28)20(29)23(21,3)33-22)12-14(16(15)25-24)18(27)11-9(17(12)26)6-5-7-10(11)31-8-30-4/h5-7,19-21,28-29H,8H2,1-4H3/t19-,20+,21?,23?/m1/s1. The summed E-state index contributed by atoms with van der Waals surface area (Å²) in [6.45, 7) is 4.69. The molecular weight excluding hydrogens is 432 g/mol. The average Bonchev–Trinajstić information content (AvgIpc) is 3.25. The van der Waals surface area contributed by atoms with Crippen LogP contribution in [-0.4, -0.2) is 46.4 Å². The molecule has 1 saturated heterocycles. The monoisotopic (exact) mass is 454 g/mol. The van der Waals surface area contributed by atoms with Crippen LogP contribution in [0.2, 0.25) is 0 Å². The summed E-state index contributed by atoms with van der Waals surface area (Å²) < 4.78 is 22.4. The van der Waals surface area contributed by atoms with Gasteiger partial charge in [0.25, 0.3) is 0 Å². The first kappa shape index (κ1) is 21.8. The molecule has 10 nitrogen and oxygen atoms in total. The lowest BCUT2D eigenvalue weighted by Crippen LogP contribution is -2.52. The van der Waals surface area contributed by atoms with Gasteiger partial charge >= 0.3 is 5.36 Å². The molecule has 172 valence electrons. The molecule has 10 heteroatoms. The van der Waals surface area contributed by atoms with Gasteiger partial charge < -0.3 is 34.7 Å². The predicted octanol–water partition coefficient (Wildman–Crippen LogP) is 0.264. The summed E-state index contributed by atoms with van der Waals surface area (Å²) in [5.74, 6) is -1.02. The van der Waals surface area contributed by atoms with Crippen molar-refractivity contribution in [3.8, 4) is 5.75 Å².